The van der Waals surface area contributed by atoms with E-state index >= 15 is 0 Å². The lowest BCUT2D eigenvalue weighted by molar-refractivity contribution is 0.521. The predicted molar refractivity (Wildman–Crippen MR) is 41.3 cm³/mol. The molecule has 1 aliphatic rings. The average Bonchev–Trinajstić information content (AvgIpc) is 2.55. The van der Waals surface area contributed by atoms with Gasteiger partial charge in [-0.3, -0.25) is 0 Å². The van der Waals surface area contributed by atoms with Crippen molar-refractivity contribution in [1.29, 1.82) is 0 Å². The van der Waals surface area contributed by atoms with Crippen LogP contribution in [0.5, 0.6) is 0 Å². The Hall–Kier alpha value is -0.540. The van der Waals surface area contributed by atoms with Gasteiger partial charge in [-0.25, -0.2) is 4.98 Å². The molecule has 0 saturated heterocycles. The maximum absolute atomic E-state index is 5.88. The molecule has 0 aromatic carbocycles. The van der Waals surface area contributed by atoms with Gasteiger partial charge in [0.2, 0.25) is 5.22 Å². The molecule has 0 spiro atoms. The Morgan fingerprint density at radius 3 is 2.64 bits per heavy atom. The van der Waals surface area contributed by atoms with Gasteiger partial charge in [0.25, 0.3) is 0 Å². The molecule has 0 aliphatic heterocycles. The van der Waals surface area contributed by atoms with Gasteiger partial charge >= 0.3 is 0 Å². The van der Waals surface area contributed by atoms with Crippen molar-refractivity contribution >= 4 is 11.6 Å². The second kappa shape index (κ2) is 1.99. The molecule has 1 aliphatic carbocycles. The Kier molecular flexibility index (Phi) is 1.29. The van der Waals surface area contributed by atoms with E-state index in [4.69, 9.17) is 21.8 Å². The van der Waals surface area contributed by atoms with Gasteiger partial charge in [-0.15, -0.1) is 0 Å². The number of oxazole rings is 1. The van der Waals surface area contributed by atoms with Crippen LogP contribution in [0.4, 0.5) is 0 Å². The highest BCUT2D eigenvalue weighted by molar-refractivity contribution is 6.29. The molecule has 0 unspecified atom stereocenters. The Balaban J connectivity index is 2.44. The van der Waals surface area contributed by atoms with Crippen molar-refractivity contribution in [3.8, 4) is 0 Å². The molecule has 4 heteroatoms. The predicted octanol–water partition coefficient (Wildman–Crippen LogP) is 1.58. The smallest absolute Gasteiger partial charge is 0.219 e. The fourth-order valence-corrected chi connectivity index (χ4v) is 1.42. The van der Waals surface area contributed by atoms with Gasteiger partial charge in [0, 0.05) is 6.92 Å². The lowest BCUT2D eigenvalue weighted by atomic mass is 10.2. The monoisotopic (exact) mass is 172 g/mol. The molecule has 0 radical (unpaired) electrons. The Bertz CT molecular complexity index is 291. The molecule has 1 aromatic rings. The summed E-state index contributed by atoms with van der Waals surface area (Å²) < 4.78 is 5.06. The molecular weight excluding hydrogens is 164 g/mol. The van der Waals surface area contributed by atoms with Gasteiger partial charge in [-0.1, -0.05) is 0 Å². The molecule has 0 atom stereocenters. The summed E-state index contributed by atoms with van der Waals surface area (Å²) in [7, 11) is 0. The van der Waals surface area contributed by atoms with Crippen LogP contribution in [-0.4, -0.2) is 4.98 Å². The summed E-state index contributed by atoms with van der Waals surface area (Å²) in [4.78, 5) is 4.12. The molecule has 2 N–H and O–H groups in total. The molecule has 0 amide bonds. The highest BCUT2D eigenvalue weighted by atomic mass is 35.5. The zero-order valence-electron chi connectivity index (χ0n) is 6.22. The summed E-state index contributed by atoms with van der Waals surface area (Å²) in [6, 6.07) is 0. The number of hydrogen-bond donors (Lipinski definition) is 1. The fraction of sp³-hybridized carbons (Fsp3) is 0.571. The molecule has 60 valence electrons. The van der Waals surface area contributed by atoms with E-state index < -0.39 is 0 Å². The quantitative estimate of drug-likeness (QED) is 0.700. The van der Waals surface area contributed by atoms with Gasteiger partial charge in [0.1, 0.15) is 5.69 Å². The lowest BCUT2D eigenvalue weighted by Crippen LogP contribution is -2.19. The first-order valence-corrected chi connectivity index (χ1v) is 3.92. The molecule has 1 fully saturated rings. The van der Waals surface area contributed by atoms with E-state index in [1.807, 2.05) is 0 Å². The van der Waals surface area contributed by atoms with E-state index in [2.05, 4.69) is 4.98 Å². The summed E-state index contributed by atoms with van der Waals surface area (Å²) >= 11 is 5.76. The maximum atomic E-state index is 5.88. The third kappa shape index (κ3) is 1.04. The van der Waals surface area contributed by atoms with E-state index in [-0.39, 0.29) is 5.54 Å². The van der Waals surface area contributed by atoms with Gasteiger partial charge in [-0.05, 0) is 24.4 Å². The third-order valence-corrected chi connectivity index (χ3v) is 2.21. The lowest BCUT2D eigenvalue weighted by Gasteiger charge is -2.01. The number of hydrogen-bond acceptors (Lipinski definition) is 3. The van der Waals surface area contributed by atoms with Gasteiger partial charge in [0.05, 0.1) is 5.54 Å². The first-order valence-electron chi connectivity index (χ1n) is 3.54. The molecule has 1 saturated carbocycles. The average molecular weight is 173 g/mol. The van der Waals surface area contributed by atoms with Crippen LogP contribution in [0.15, 0.2) is 4.42 Å². The highest BCUT2D eigenvalue weighted by Gasteiger charge is 2.44. The highest BCUT2D eigenvalue weighted by Crippen LogP contribution is 2.44. The van der Waals surface area contributed by atoms with Crippen molar-refractivity contribution in [3.63, 3.8) is 0 Å². The molecule has 3 nitrogen and oxygen atoms in total. The fourth-order valence-electron chi connectivity index (χ4n) is 1.08. The summed E-state index contributed by atoms with van der Waals surface area (Å²) in [6.07, 6.45) is 1.91. The van der Waals surface area contributed by atoms with E-state index in [1.165, 1.54) is 0 Å². The van der Waals surface area contributed by atoms with E-state index in [9.17, 15) is 0 Å². The van der Waals surface area contributed by atoms with Crippen molar-refractivity contribution in [2.75, 3.05) is 0 Å². The molecule has 1 heterocycles. The van der Waals surface area contributed by atoms with E-state index in [1.54, 1.807) is 6.92 Å². The molecule has 1 aromatic heterocycles. The number of rotatable bonds is 1. The number of nitrogens with two attached hydrogens (primary N) is 1. The van der Waals surface area contributed by atoms with E-state index in [0.29, 0.717) is 11.1 Å². The van der Waals surface area contributed by atoms with Gasteiger partial charge < -0.3 is 10.2 Å². The SMILES string of the molecule is Cc1nc(C2(N)CC2)c(Cl)o1. The summed E-state index contributed by atoms with van der Waals surface area (Å²) in [5.41, 5.74) is 6.31. The number of aromatic nitrogens is 1. The van der Waals surface area contributed by atoms with Crippen LogP contribution in [-0.2, 0) is 5.54 Å². The van der Waals surface area contributed by atoms with Crippen LogP contribution in [0.25, 0.3) is 0 Å². The minimum absolute atomic E-state index is 0.283. The molecule has 0 bridgehead atoms. The topological polar surface area (TPSA) is 52.0 Å². The molecule has 11 heavy (non-hydrogen) atoms. The van der Waals surface area contributed by atoms with Crippen LogP contribution in [0.2, 0.25) is 5.22 Å². The van der Waals surface area contributed by atoms with Crippen molar-refractivity contribution in [2.24, 2.45) is 5.73 Å². The maximum Gasteiger partial charge on any atom is 0.219 e. The normalized spacial score (nSPS) is 20.3. The van der Waals surface area contributed by atoms with Crippen molar-refractivity contribution < 1.29 is 4.42 Å². The Morgan fingerprint density at radius 2 is 2.27 bits per heavy atom. The molecule has 2 rings (SSSR count). The van der Waals surface area contributed by atoms with E-state index in [0.717, 1.165) is 18.5 Å². The minimum atomic E-state index is -0.283. The Labute approximate surface area is 69.5 Å². The number of aryl methyl sites for hydroxylation is 1. The standard InChI is InChI=1S/C7H9ClN2O/c1-4-10-5(6(8)11-4)7(9)2-3-7/h2-3,9H2,1H3. The van der Waals surface area contributed by atoms with Gasteiger partial charge in [0.15, 0.2) is 5.89 Å². The van der Waals surface area contributed by atoms with Crippen LogP contribution < -0.4 is 5.73 Å². The van der Waals surface area contributed by atoms with Crippen molar-refractivity contribution in [3.05, 3.63) is 16.8 Å². The van der Waals surface area contributed by atoms with Crippen LogP contribution in [0.1, 0.15) is 24.4 Å². The van der Waals surface area contributed by atoms with Crippen molar-refractivity contribution in [1.82, 2.24) is 4.98 Å². The Morgan fingerprint density at radius 1 is 1.64 bits per heavy atom. The zero-order chi connectivity index (χ0) is 8.06. The van der Waals surface area contributed by atoms with Crippen molar-refractivity contribution in [2.45, 2.75) is 25.3 Å². The largest absolute Gasteiger partial charge is 0.429 e. The molecular formula is C7H9ClN2O. The van der Waals surface area contributed by atoms with Crippen LogP contribution in [0.3, 0.4) is 0 Å². The first kappa shape index (κ1) is 7.13. The zero-order valence-corrected chi connectivity index (χ0v) is 6.98. The summed E-state index contributed by atoms with van der Waals surface area (Å²) in [6.45, 7) is 1.76. The summed E-state index contributed by atoms with van der Waals surface area (Å²) in [5.74, 6) is 0.585. The first-order chi connectivity index (χ1) is 5.12. The number of halogens is 1. The minimum Gasteiger partial charge on any atom is -0.429 e. The second-order valence-corrected chi connectivity index (χ2v) is 3.35. The third-order valence-electron chi connectivity index (χ3n) is 1.95. The van der Waals surface area contributed by atoms with Gasteiger partial charge in [-0.2, -0.15) is 0 Å². The second-order valence-electron chi connectivity index (χ2n) is 3.01. The van der Waals surface area contributed by atoms with Crippen LogP contribution in [0, 0.1) is 6.92 Å². The number of nitrogens with zero attached hydrogens (tertiary/aromatic N) is 1. The summed E-state index contributed by atoms with van der Waals surface area (Å²) in [5, 5.41) is 0.350. The van der Waals surface area contributed by atoms with Crippen LogP contribution >= 0.6 is 11.6 Å².